The van der Waals surface area contributed by atoms with Crippen molar-refractivity contribution >= 4 is 0 Å². The minimum Gasteiger partial charge on any atom is -0.0654 e. The van der Waals surface area contributed by atoms with E-state index in [1.54, 1.807) is 0 Å². The lowest BCUT2D eigenvalue weighted by atomic mass is 9.75. The van der Waals surface area contributed by atoms with Gasteiger partial charge >= 0.3 is 0 Å². The van der Waals surface area contributed by atoms with Gasteiger partial charge in [-0.2, -0.15) is 0 Å². The molecular weight excluding hydrogens is 264 g/mol. The van der Waals surface area contributed by atoms with Crippen molar-refractivity contribution in [2.24, 2.45) is 29.1 Å². The van der Waals surface area contributed by atoms with Crippen LogP contribution in [0, 0.1) is 29.1 Å². The zero-order valence-electron chi connectivity index (χ0n) is 17.2. The van der Waals surface area contributed by atoms with Gasteiger partial charge in [0, 0.05) is 0 Å². The van der Waals surface area contributed by atoms with Gasteiger partial charge in [0.1, 0.15) is 0 Å². The Labute approximate surface area is 142 Å². The van der Waals surface area contributed by atoms with E-state index >= 15 is 0 Å². The molecule has 0 aliphatic carbocycles. The van der Waals surface area contributed by atoms with Crippen molar-refractivity contribution in [3.63, 3.8) is 0 Å². The normalized spacial score (nSPS) is 14.3. The van der Waals surface area contributed by atoms with Crippen LogP contribution in [0.3, 0.4) is 0 Å². The Kier molecular flexibility index (Phi) is 11.5. The molecule has 0 saturated heterocycles. The molecule has 0 aliphatic heterocycles. The van der Waals surface area contributed by atoms with Gasteiger partial charge in [-0.3, -0.25) is 0 Å². The summed E-state index contributed by atoms with van der Waals surface area (Å²) in [7, 11) is 0. The predicted octanol–water partition coefficient (Wildman–Crippen LogP) is 8.11. The first kappa shape index (κ1) is 22.0. The van der Waals surface area contributed by atoms with Crippen LogP contribution < -0.4 is 0 Å². The van der Waals surface area contributed by atoms with Crippen molar-refractivity contribution < 1.29 is 0 Å². The highest BCUT2D eigenvalue weighted by Crippen LogP contribution is 2.35. The monoisotopic (exact) mass is 310 g/mol. The quantitative estimate of drug-likeness (QED) is 0.301. The lowest BCUT2D eigenvalue weighted by Crippen LogP contribution is -2.18. The molecule has 0 heterocycles. The summed E-state index contributed by atoms with van der Waals surface area (Å²) in [5, 5.41) is 0. The summed E-state index contributed by atoms with van der Waals surface area (Å²) in [4.78, 5) is 0. The Hall–Kier alpha value is 0. The molecule has 0 saturated carbocycles. The summed E-state index contributed by atoms with van der Waals surface area (Å²) < 4.78 is 0. The highest BCUT2D eigenvalue weighted by atomic mass is 14.3. The lowest BCUT2D eigenvalue weighted by Gasteiger charge is -2.30. The van der Waals surface area contributed by atoms with Crippen molar-refractivity contribution in [1.29, 1.82) is 0 Å². The molecule has 0 aromatic heterocycles. The van der Waals surface area contributed by atoms with E-state index in [0.717, 1.165) is 23.7 Å². The van der Waals surface area contributed by atoms with Crippen molar-refractivity contribution in [3.8, 4) is 0 Å². The van der Waals surface area contributed by atoms with Crippen LogP contribution in [0.1, 0.15) is 113 Å². The first-order valence-electron chi connectivity index (χ1n) is 10.2. The van der Waals surface area contributed by atoms with Crippen LogP contribution in [-0.2, 0) is 0 Å². The van der Waals surface area contributed by atoms with Gasteiger partial charge in [-0.25, -0.2) is 0 Å². The van der Waals surface area contributed by atoms with Crippen LogP contribution in [-0.4, -0.2) is 0 Å². The minimum atomic E-state index is 0.541. The third-order valence-corrected chi connectivity index (χ3v) is 5.74. The Morgan fingerprint density at radius 1 is 0.773 bits per heavy atom. The van der Waals surface area contributed by atoms with Crippen molar-refractivity contribution in [2.45, 2.75) is 113 Å². The number of hydrogen-bond acceptors (Lipinski definition) is 0. The topological polar surface area (TPSA) is 0 Å². The number of rotatable bonds is 13. The van der Waals surface area contributed by atoms with Gasteiger partial charge in [0.2, 0.25) is 0 Å². The maximum atomic E-state index is 2.50. The fourth-order valence-corrected chi connectivity index (χ4v) is 4.25. The summed E-state index contributed by atoms with van der Waals surface area (Å²) in [6.45, 7) is 19.3. The molecule has 0 fully saturated rings. The molecule has 134 valence electrons. The summed E-state index contributed by atoms with van der Waals surface area (Å²) in [5.74, 6) is 3.54. The van der Waals surface area contributed by atoms with E-state index in [2.05, 4.69) is 55.4 Å². The SMILES string of the molecule is CCCCC(CC)CC(C)(C)CCCCC(C(C)C)C(C)C. The molecule has 0 spiro atoms. The Balaban J connectivity index is 4.10. The second-order valence-electron chi connectivity index (χ2n) is 9.18. The van der Waals surface area contributed by atoms with Crippen LogP contribution >= 0.6 is 0 Å². The maximum Gasteiger partial charge on any atom is -0.0352 e. The van der Waals surface area contributed by atoms with Crippen LogP contribution in [0.15, 0.2) is 0 Å². The van der Waals surface area contributed by atoms with Crippen molar-refractivity contribution in [1.82, 2.24) is 0 Å². The predicted molar refractivity (Wildman–Crippen MR) is 103 cm³/mol. The third kappa shape index (κ3) is 9.90. The molecule has 1 unspecified atom stereocenters. The third-order valence-electron chi connectivity index (χ3n) is 5.74. The van der Waals surface area contributed by atoms with Gasteiger partial charge < -0.3 is 0 Å². The maximum absolute atomic E-state index is 2.50. The molecule has 0 N–H and O–H groups in total. The van der Waals surface area contributed by atoms with Gasteiger partial charge in [0.15, 0.2) is 0 Å². The highest BCUT2D eigenvalue weighted by molar-refractivity contribution is 4.74. The zero-order chi connectivity index (χ0) is 17.2. The molecular formula is C22H46. The molecule has 0 bridgehead atoms. The molecule has 0 aromatic carbocycles. The fourth-order valence-electron chi connectivity index (χ4n) is 4.25. The second kappa shape index (κ2) is 11.5. The van der Waals surface area contributed by atoms with Gasteiger partial charge in [0.25, 0.3) is 0 Å². The molecule has 0 heteroatoms. The standard InChI is InChI=1S/C22H46/c1-9-11-14-20(10-2)17-22(7,8)16-13-12-15-21(18(3)4)19(5)6/h18-21H,9-17H2,1-8H3. The average molecular weight is 311 g/mol. The Bertz CT molecular complexity index is 241. The van der Waals surface area contributed by atoms with E-state index in [4.69, 9.17) is 0 Å². The van der Waals surface area contributed by atoms with E-state index in [1.165, 1.54) is 57.8 Å². The molecule has 0 radical (unpaired) electrons. The Morgan fingerprint density at radius 2 is 1.36 bits per heavy atom. The van der Waals surface area contributed by atoms with Crippen molar-refractivity contribution in [2.75, 3.05) is 0 Å². The summed E-state index contributed by atoms with van der Waals surface area (Å²) >= 11 is 0. The molecule has 0 aromatic rings. The summed E-state index contributed by atoms with van der Waals surface area (Å²) in [6, 6.07) is 0. The van der Waals surface area contributed by atoms with E-state index in [9.17, 15) is 0 Å². The first-order valence-corrected chi connectivity index (χ1v) is 10.2. The molecule has 0 aliphatic rings. The van der Waals surface area contributed by atoms with Gasteiger partial charge in [0.05, 0.1) is 0 Å². The summed E-state index contributed by atoms with van der Waals surface area (Å²) in [6.07, 6.45) is 12.7. The van der Waals surface area contributed by atoms with Crippen LogP contribution in [0.25, 0.3) is 0 Å². The van der Waals surface area contributed by atoms with E-state index in [0.29, 0.717) is 5.41 Å². The van der Waals surface area contributed by atoms with Crippen LogP contribution in [0.5, 0.6) is 0 Å². The highest BCUT2D eigenvalue weighted by Gasteiger charge is 2.23. The number of unbranched alkanes of at least 4 members (excludes halogenated alkanes) is 2. The largest absolute Gasteiger partial charge is 0.0654 e. The second-order valence-corrected chi connectivity index (χ2v) is 9.18. The lowest BCUT2D eigenvalue weighted by molar-refractivity contribution is 0.214. The van der Waals surface area contributed by atoms with Crippen LogP contribution in [0.4, 0.5) is 0 Å². The van der Waals surface area contributed by atoms with E-state index in [-0.39, 0.29) is 0 Å². The van der Waals surface area contributed by atoms with Gasteiger partial charge in [-0.1, -0.05) is 93.9 Å². The van der Waals surface area contributed by atoms with Gasteiger partial charge in [-0.15, -0.1) is 0 Å². The molecule has 1 atom stereocenters. The first-order chi connectivity index (χ1) is 10.2. The van der Waals surface area contributed by atoms with Gasteiger partial charge in [-0.05, 0) is 48.3 Å². The molecule has 0 amide bonds. The smallest absolute Gasteiger partial charge is 0.0352 e. The van der Waals surface area contributed by atoms with E-state index < -0.39 is 0 Å². The average Bonchev–Trinajstić information content (AvgIpc) is 2.42. The molecule has 0 nitrogen and oxygen atoms in total. The van der Waals surface area contributed by atoms with Crippen molar-refractivity contribution in [3.05, 3.63) is 0 Å². The molecule has 0 rings (SSSR count). The van der Waals surface area contributed by atoms with E-state index in [1.807, 2.05) is 0 Å². The fraction of sp³-hybridized carbons (Fsp3) is 1.00. The molecule has 22 heavy (non-hydrogen) atoms. The number of hydrogen-bond donors (Lipinski definition) is 0. The minimum absolute atomic E-state index is 0.541. The zero-order valence-corrected chi connectivity index (χ0v) is 17.2. The summed E-state index contributed by atoms with van der Waals surface area (Å²) in [5.41, 5.74) is 0.541. The Morgan fingerprint density at radius 3 is 1.82 bits per heavy atom. The van der Waals surface area contributed by atoms with Crippen LogP contribution in [0.2, 0.25) is 0 Å².